The molecule has 1 unspecified atom stereocenters. The van der Waals surface area contributed by atoms with Gasteiger partial charge in [0.1, 0.15) is 24.5 Å². The number of piperidine rings is 1. The molecule has 2 aromatic heterocycles. The summed E-state index contributed by atoms with van der Waals surface area (Å²) in [6.45, 7) is 6.10. The Hall–Kier alpha value is -3.20. The van der Waals surface area contributed by atoms with Crippen LogP contribution < -0.4 is 9.64 Å². The molecule has 8 heteroatoms. The Morgan fingerprint density at radius 3 is 2.70 bits per heavy atom. The number of hydrogen-bond acceptors (Lipinski definition) is 7. The number of methoxy groups -OCH3 is 1. The van der Waals surface area contributed by atoms with Crippen LogP contribution in [-0.4, -0.2) is 83.7 Å². The molecule has 4 heterocycles. The van der Waals surface area contributed by atoms with E-state index in [0.717, 1.165) is 72.6 Å². The summed E-state index contributed by atoms with van der Waals surface area (Å²) in [7, 11) is 1.67. The Bertz CT molecular complexity index is 1360. The van der Waals surface area contributed by atoms with Crippen molar-refractivity contribution in [1.29, 1.82) is 0 Å². The van der Waals surface area contributed by atoms with Crippen LogP contribution in [0, 0.1) is 5.92 Å². The van der Waals surface area contributed by atoms with Crippen molar-refractivity contribution in [2.75, 3.05) is 57.9 Å². The van der Waals surface area contributed by atoms with Crippen LogP contribution in [0.2, 0.25) is 0 Å². The van der Waals surface area contributed by atoms with E-state index >= 15 is 0 Å². The second-order valence-corrected chi connectivity index (χ2v) is 10.3. The normalized spacial score (nSPS) is 19.3. The predicted octanol–water partition coefficient (Wildman–Crippen LogP) is 3.88. The number of imidazole rings is 1. The minimum absolute atomic E-state index is 0.139. The number of aliphatic hydroxyl groups is 1. The molecular formula is C29H35N5O3. The third kappa shape index (κ3) is 5.14. The molecule has 2 aliphatic heterocycles. The van der Waals surface area contributed by atoms with Crippen LogP contribution >= 0.6 is 0 Å². The smallest absolute Gasteiger partial charge is 0.139 e. The van der Waals surface area contributed by atoms with Gasteiger partial charge in [-0.2, -0.15) is 0 Å². The van der Waals surface area contributed by atoms with E-state index in [1.165, 1.54) is 18.5 Å². The Labute approximate surface area is 217 Å². The maximum absolute atomic E-state index is 9.85. The third-order valence-corrected chi connectivity index (χ3v) is 7.73. The van der Waals surface area contributed by atoms with Gasteiger partial charge in [0.25, 0.3) is 0 Å². The molecule has 2 aliphatic rings. The van der Waals surface area contributed by atoms with E-state index in [2.05, 4.69) is 45.1 Å². The molecule has 0 spiro atoms. The number of nitrogens with zero attached hydrogens (tertiary/aromatic N) is 5. The van der Waals surface area contributed by atoms with Crippen molar-refractivity contribution in [3.8, 4) is 11.6 Å². The van der Waals surface area contributed by atoms with Crippen molar-refractivity contribution in [2.24, 2.45) is 5.92 Å². The number of fused-ring (bicyclic) bond motifs is 2. The summed E-state index contributed by atoms with van der Waals surface area (Å²) >= 11 is 0. The van der Waals surface area contributed by atoms with E-state index in [0.29, 0.717) is 19.1 Å². The zero-order chi connectivity index (χ0) is 25.2. The van der Waals surface area contributed by atoms with Gasteiger partial charge in [-0.15, -0.1) is 0 Å². The van der Waals surface area contributed by atoms with E-state index in [1.54, 1.807) is 7.11 Å². The quantitative estimate of drug-likeness (QED) is 0.367. The highest BCUT2D eigenvalue weighted by Gasteiger charge is 2.26. The molecule has 1 atom stereocenters. The van der Waals surface area contributed by atoms with Crippen LogP contribution in [0.5, 0.6) is 5.75 Å². The van der Waals surface area contributed by atoms with Gasteiger partial charge in [-0.05, 0) is 55.5 Å². The van der Waals surface area contributed by atoms with Crippen LogP contribution in [0.25, 0.3) is 27.8 Å². The number of benzene rings is 2. The molecule has 0 aliphatic carbocycles. The summed E-state index contributed by atoms with van der Waals surface area (Å²) in [5.74, 6) is 2.34. The van der Waals surface area contributed by atoms with Gasteiger partial charge in [0.15, 0.2) is 0 Å². The molecule has 2 fully saturated rings. The number of likely N-dealkylation sites (tertiary alicyclic amines) is 1. The maximum Gasteiger partial charge on any atom is 0.139 e. The monoisotopic (exact) mass is 501 g/mol. The van der Waals surface area contributed by atoms with Gasteiger partial charge in [0.2, 0.25) is 0 Å². The van der Waals surface area contributed by atoms with Gasteiger partial charge < -0.3 is 24.4 Å². The first kappa shape index (κ1) is 24.2. The molecule has 1 N–H and O–H groups in total. The number of pyridine rings is 1. The Morgan fingerprint density at radius 2 is 1.89 bits per heavy atom. The fourth-order valence-electron chi connectivity index (χ4n) is 5.72. The number of hydrogen-bond donors (Lipinski definition) is 1. The molecule has 0 bridgehead atoms. The summed E-state index contributed by atoms with van der Waals surface area (Å²) in [6.07, 6.45) is 4.95. The van der Waals surface area contributed by atoms with Gasteiger partial charge in [-0.1, -0.05) is 12.1 Å². The molecule has 4 aromatic rings. The average Bonchev–Trinajstić information content (AvgIpc) is 3.54. The van der Waals surface area contributed by atoms with Gasteiger partial charge in [-0.25, -0.2) is 9.97 Å². The highest BCUT2D eigenvalue weighted by molar-refractivity contribution is 5.92. The lowest BCUT2D eigenvalue weighted by molar-refractivity contribution is 0.146. The highest BCUT2D eigenvalue weighted by atomic mass is 16.5. The second kappa shape index (κ2) is 10.7. The van der Waals surface area contributed by atoms with Crippen LogP contribution in [0.15, 0.2) is 54.9 Å². The fourth-order valence-corrected chi connectivity index (χ4v) is 5.72. The van der Waals surface area contributed by atoms with Crippen molar-refractivity contribution in [2.45, 2.75) is 25.4 Å². The number of ether oxygens (including phenoxy) is 2. The highest BCUT2D eigenvalue weighted by Crippen LogP contribution is 2.31. The summed E-state index contributed by atoms with van der Waals surface area (Å²) in [5.41, 5.74) is 4.10. The van der Waals surface area contributed by atoms with Gasteiger partial charge >= 0.3 is 0 Å². The zero-order valence-corrected chi connectivity index (χ0v) is 21.4. The molecule has 2 aromatic carbocycles. The van der Waals surface area contributed by atoms with Gasteiger partial charge in [0.05, 0.1) is 34.9 Å². The van der Waals surface area contributed by atoms with Crippen molar-refractivity contribution in [3.05, 3.63) is 54.9 Å². The third-order valence-electron chi connectivity index (χ3n) is 7.73. The topological polar surface area (TPSA) is 75.9 Å². The van der Waals surface area contributed by atoms with Crippen LogP contribution in [0.3, 0.4) is 0 Å². The standard InChI is InChI=1S/C29H35N5O3/c1-36-15-16-37-24-6-7-26-25(17-24)30-20-34(26)28-8-5-22-3-2-4-27(29(22)31-28)33-13-9-21(10-14-33)18-32-12-11-23(35)19-32/h2-8,17,20-21,23,35H,9-16,18-19H2,1H3. The SMILES string of the molecule is COCCOc1ccc2c(c1)ncn2-c1ccc2cccc(N3CCC(CN4CCC(O)C4)CC3)c2n1. The first-order valence-electron chi connectivity index (χ1n) is 13.3. The second-order valence-electron chi connectivity index (χ2n) is 10.3. The van der Waals surface area contributed by atoms with E-state index in [1.807, 2.05) is 29.1 Å². The Kier molecular flexibility index (Phi) is 6.95. The van der Waals surface area contributed by atoms with Gasteiger partial charge in [0, 0.05) is 51.3 Å². The number of aromatic nitrogens is 3. The molecule has 0 amide bonds. The van der Waals surface area contributed by atoms with Crippen LogP contribution in [0.4, 0.5) is 5.69 Å². The minimum Gasteiger partial charge on any atom is -0.491 e. The van der Waals surface area contributed by atoms with Crippen molar-refractivity contribution < 1.29 is 14.6 Å². The first-order valence-corrected chi connectivity index (χ1v) is 13.3. The van der Waals surface area contributed by atoms with Crippen molar-refractivity contribution in [1.82, 2.24) is 19.4 Å². The Morgan fingerprint density at radius 1 is 1.00 bits per heavy atom. The number of aliphatic hydroxyl groups excluding tert-OH is 1. The predicted molar refractivity (Wildman–Crippen MR) is 146 cm³/mol. The van der Waals surface area contributed by atoms with Crippen molar-refractivity contribution >= 4 is 27.6 Å². The number of rotatable bonds is 8. The average molecular weight is 502 g/mol. The lowest BCUT2D eigenvalue weighted by Gasteiger charge is -2.35. The van der Waals surface area contributed by atoms with Gasteiger partial charge in [-0.3, -0.25) is 4.57 Å². The Balaban J connectivity index is 1.21. The number of anilines is 1. The van der Waals surface area contributed by atoms with E-state index in [9.17, 15) is 5.11 Å². The minimum atomic E-state index is -0.139. The van der Waals surface area contributed by atoms with Crippen LogP contribution in [0.1, 0.15) is 19.3 Å². The molecule has 6 rings (SSSR count). The molecule has 0 radical (unpaired) electrons. The van der Waals surface area contributed by atoms with E-state index < -0.39 is 0 Å². The molecule has 194 valence electrons. The van der Waals surface area contributed by atoms with Crippen LogP contribution in [-0.2, 0) is 4.74 Å². The molecule has 2 saturated heterocycles. The molecule has 0 saturated carbocycles. The summed E-state index contributed by atoms with van der Waals surface area (Å²) in [5, 5.41) is 11.0. The lowest BCUT2D eigenvalue weighted by Crippen LogP contribution is -2.38. The zero-order valence-electron chi connectivity index (χ0n) is 21.4. The molecule has 8 nitrogen and oxygen atoms in total. The summed E-state index contributed by atoms with van der Waals surface area (Å²) < 4.78 is 12.9. The first-order chi connectivity index (χ1) is 18.2. The maximum atomic E-state index is 9.85. The largest absolute Gasteiger partial charge is 0.491 e. The fraction of sp³-hybridized carbons (Fsp3) is 0.448. The number of β-amino-alcohol motifs (C(OH)–C–C–N with tert-alkyl or cyclic N) is 1. The number of para-hydroxylation sites is 1. The van der Waals surface area contributed by atoms with E-state index in [-0.39, 0.29) is 6.10 Å². The summed E-state index contributed by atoms with van der Waals surface area (Å²) in [6, 6.07) is 16.6. The molecule has 37 heavy (non-hydrogen) atoms. The summed E-state index contributed by atoms with van der Waals surface area (Å²) in [4.78, 5) is 14.7. The van der Waals surface area contributed by atoms with Crippen molar-refractivity contribution in [3.63, 3.8) is 0 Å². The lowest BCUT2D eigenvalue weighted by atomic mass is 9.95. The van der Waals surface area contributed by atoms with E-state index in [4.69, 9.17) is 14.5 Å². The molecular weight excluding hydrogens is 466 g/mol.